The molecule has 3 rings (SSSR count). The average molecular weight is 548 g/mol. The van der Waals surface area contributed by atoms with Gasteiger partial charge in [-0.05, 0) is 12.1 Å². The second-order valence-electron chi connectivity index (χ2n) is 5.69. The van der Waals surface area contributed by atoms with Gasteiger partial charge in [-0.25, -0.2) is 4.79 Å². The molecule has 0 radical (unpaired) electrons. The van der Waals surface area contributed by atoms with E-state index in [9.17, 15) is 39.2 Å². The Hall–Kier alpha value is -1.88. The fourth-order valence-electron chi connectivity index (χ4n) is 2.59. The Morgan fingerprint density at radius 2 is 1.25 bits per heavy atom. The maximum absolute atomic E-state index is 13.6. The van der Waals surface area contributed by atoms with Crippen molar-refractivity contribution in [2.75, 3.05) is 5.32 Å². The van der Waals surface area contributed by atoms with E-state index < -0.39 is 119 Å². The Kier molecular flexibility index (Phi) is 8.02. The summed E-state index contributed by atoms with van der Waals surface area (Å²) in [5, 5.41) is 21.1. The normalized spacial score (nSPS) is 11.2. The predicted molar refractivity (Wildman–Crippen MR) is 115 cm³/mol. The molecule has 0 atom stereocenters. The molecule has 0 unspecified atom stereocenters. The molecule has 32 heavy (non-hydrogen) atoms. The average Bonchev–Trinajstić information content (AvgIpc) is 2.78. The molecule has 3 N–H and O–H groups in total. The van der Waals surface area contributed by atoms with E-state index in [1.165, 1.54) is 0 Å². The van der Waals surface area contributed by atoms with Crippen molar-refractivity contribution in [2.24, 2.45) is 0 Å². The number of phenolic OH excluding ortho intramolecular Hbond substituents is 2. The minimum atomic E-state index is -1.27. The Morgan fingerprint density at radius 3 is 1.75 bits per heavy atom. The van der Waals surface area contributed by atoms with E-state index in [0.717, 1.165) is 18.2 Å². The molecule has 0 aliphatic rings. The first-order valence-corrected chi connectivity index (χ1v) is 11.4. The van der Waals surface area contributed by atoms with Crippen molar-refractivity contribution in [1.82, 2.24) is 0 Å². The van der Waals surface area contributed by atoms with E-state index in [1.54, 1.807) is 0 Å². The molecule has 0 aliphatic heterocycles. The molecule has 16 heteroatoms. The number of benzene rings is 2. The molecular weight excluding hydrogens is 542 g/mol. The number of amides is 1. The Balaban J connectivity index is 2.18. The van der Waals surface area contributed by atoms with Gasteiger partial charge in [0.2, 0.25) is 0 Å². The van der Waals surface area contributed by atoms with Gasteiger partial charge in [-0.3, -0.25) is 4.79 Å². The van der Waals surface area contributed by atoms with E-state index in [0.29, 0.717) is 0 Å². The number of aromatic hydroxyl groups is 2. The van der Waals surface area contributed by atoms with Crippen molar-refractivity contribution in [3.8, 4) is 11.5 Å². The minimum Gasteiger partial charge on any atom is -0.504 e. The summed E-state index contributed by atoms with van der Waals surface area (Å²) >= 11 is -3.26. The molecule has 0 spiro atoms. The number of halogens is 5. The molecule has 1 amide bonds. The fourth-order valence-corrected chi connectivity index (χ4v) is 5.45. The van der Waals surface area contributed by atoms with Crippen molar-refractivity contribution in [3.63, 3.8) is 0 Å². The largest absolute Gasteiger partial charge is 0.504 e. The first-order valence-electron chi connectivity index (χ1n) is 7.79. The second-order valence-corrected chi connectivity index (χ2v) is 8.50. The number of anilines is 1. The fraction of sp³-hybridized carbons (Fsp3) is 0. The lowest BCUT2D eigenvalue weighted by Crippen LogP contribution is -2.21. The Labute approximate surface area is 197 Å². The topological polar surface area (TPSA) is 99.8 Å². The zero-order valence-electron chi connectivity index (χ0n) is 14.8. The zero-order valence-corrected chi connectivity index (χ0v) is 18.9. The quantitative estimate of drug-likeness (QED) is 0.158. The van der Waals surface area contributed by atoms with Gasteiger partial charge in [-0.2, -0.15) is 19.4 Å². The van der Waals surface area contributed by atoms with Crippen LogP contribution >= 0.6 is 60.7 Å². The van der Waals surface area contributed by atoms with Gasteiger partial charge in [0, 0.05) is 11.5 Å². The third-order valence-electron chi connectivity index (χ3n) is 3.98. The van der Waals surface area contributed by atoms with Crippen LogP contribution in [0.1, 0.15) is 10.4 Å². The van der Waals surface area contributed by atoms with Gasteiger partial charge in [-0.1, -0.05) is 0 Å². The van der Waals surface area contributed by atoms with Crippen LogP contribution in [-0.4, -0.2) is 16.1 Å². The van der Waals surface area contributed by atoms with Crippen molar-refractivity contribution >= 4 is 83.3 Å². The van der Waals surface area contributed by atoms with Crippen LogP contribution in [0.3, 0.4) is 0 Å². The van der Waals surface area contributed by atoms with Gasteiger partial charge >= 0.3 is 5.63 Å². The standard InChI is InChI=1S/C16H6F5NO5S5/c17-28-10-9(11(29-18)13(31-20)14(32-21)12(10)30-19)22-15(25)5-1-4-2-6(23)7(24)3-8(4)27-16(5)26/h1-3,23-24H,(H,22,25). The highest BCUT2D eigenvalue weighted by molar-refractivity contribution is 8.00. The van der Waals surface area contributed by atoms with Gasteiger partial charge in [0.1, 0.15) is 11.1 Å². The van der Waals surface area contributed by atoms with Gasteiger partial charge < -0.3 is 19.9 Å². The highest BCUT2D eigenvalue weighted by Gasteiger charge is 2.30. The monoisotopic (exact) mass is 547 g/mol. The molecule has 3 aromatic rings. The summed E-state index contributed by atoms with van der Waals surface area (Å²) in [4.78, 5) is 21.2. The van der Waals surface area contributed by atoms with E-state index >= 15 is 0 Å². The van der Waals surface area contributed by atoms with Crippen molar-refractivity contribution in [2.45, 2.75) is 24.5 Å². The lowest BCUT2D eigenvalue weighted by atomic mass is 10.1. The van der Waals surface area contributed by atoms with E-state index in [2.05, 4.69) is 0 Å². The first kappa shape index (κ1) is 24.8. The third-order valence-corrected chi connectivity index (χ3v) is 7.31. The number of carbonyl (C=O) groups is 1. The Morgan fingerprint density at radius 1 is 0.781 bits per heavy atom. The molecule has 6 nitrogen and oxygen atoms in total. The summed E-state index contributed by atoms with van der Waals surface area (Å²) < 4.78 is 72.3. The lowest BCUT2D eigenvalue weighted by molar-refractivity contribution is 0.102. The molecule has 0 fully saturated rings. The number of hydrogen-bond acceptors (Lipinski definition) is 10. The van der Waals surface area contributed by atoms with Gasteiger partial charge in [0.05, 0.1) is 90.9 Å². The van der Waals surface area contributed by atoms with Crippen LogP contribution in [0.15, 0.2) is 51.9 Å². The van der Waals surface area contributed by atoms with E-state index in [4.69, 9.17) is 4.42 Å². The summed E-state index contributed by atoms with van der Waals surface area (Å²) in [6.45, 7) is 0. The smallest absolute Gasteiger partial charge is 0.349 e. The molecule has 1 heterocycles. The summed E-state index contributed by atoms with van der Waals surface area (Å²) in [6, 6.07) is 2.87. The molecule has 1 aromatic heterocycles. The Bertz CT molecular complexity index is 1240. The molecular formula is C16H6F5NO5S5. The summed E-state index contributed by atoms with van der Waals surface area (Å²) in [7, 11) is 0. The number of phenols is 2. The predicted octanol–water partition coefficient (Wildman–Crippen LogP) is 7.34. The molecule has 0 aliphatic carbocycles. The first-order chi connectivity index (χ1) is 15.3. The van der Waals surface area contributed by atoms with E-state index in [1.807, 2.05) is 5.32 Å². The molecule has 0 bridgehead atoms. The van der Waals surface area contributed by atoms with Crippen LogP contribution in [0.2, 0.25) is 0 Å². The number of nitrogens with one attached hydrogen (secondary N) is 1. The van der Waals surface area contributed by atoms with Crippen LogP contribution in [0, 0.1) is 0 Å². The van der Waals surface area contributed by atoms with Gasteiger partial charge in [-0.15, -0.1) is 0 Å². The molecule has 0 saturated heterocycles. The minimum absolute atomic E-state index is 0.00872. The van der Waals surface area contributed by atoms with E-state index in [-0.39, 0.29) is 11.0 Å². The third kappa shape index (κ3) is 4.46. The second kappa shape index (κ2) is 10.4. The highest BCUT2D eigenvalue weighted by Crippen LogP contribution is 2.54. The maximum atomic E-state index is 13.6. The van der Waals surface area contributed by atoms with Crippen LogP contribution in [-0.2, 0) is 0 Å². The number of fused-ring (bicyclic) bond motifs is 1. The number of carbonyl (C=O) groups excluding carboxylic acids is 1. The SMILES string of the molecule is O=C(Nc1c(SF)c(SF)c(SF)c(SF)c1SF)c1cc2cc(O)c(O)cc2oc1=O. The van der Waals surface area contributed by atoms with Crippen LogP contribution in [0.25, 0.3) is 11.0 Å². The summed E-state index contributed by atoms with van der Waals surface area (Å²) in [5.41, 5.74) is -2.83. The lowest BCUT2D eigenvalue weighted by Gasteiger charge is -2.17. The zero-order chi connectivity index (χ0) is 23.6. The van der Waals surface area contributed by atoms with Gasteiger partial charge in [0.15, 0.2) is 11.5 Å². The molecule has 170 valence electrons. The van der Waals surface area contributed by atoms with Crippen molar-refractivity contribution < 1.29 is 38.9 Å². The summed E-state index contributed by atoms with van der Waals surface area (Å²) in [6.07, 6.45) is 0. The van der Waals surface area contributed by atoms with Gasteiger partial charge in [0.25, 0.3) is 5.91 Å². The van der Waals surface area contributed by atoms with Crippen molar-refractivity contribution in [1.29, 1.82) is 0 Å². The maximum Gasteiger partial charge on any atom is 0.349 e. The molecule has 2 aromatic carbocycles. The summed E-state index contributed by atoms with van der Waals surface area (Å²) in [5.74, 6) is -2.45. The van der Waals surface area contributed by atoms with Crippen LogP contribution in [0.5, 0.6) is 11.5 Å². The van der Waals surface area contributed by atoms with Crippen LogP contribution in [0.4, 0.5) is 25.1 Å². The number of rotatable bonds is 7. The molecule has 0 saturated carbocycles. The van der Waals surface area contributed by atoms with Crippen molar-refractivity contribution in [3.05, 3.63) is 34.2 Å². The highest BCUT2D eigenvalue weighted by atomic mass is 32.2. The van der Waals surface area contributed by atoms with Crippen LogP contribution < -0.4 is 10.9 Å². The number of hydrogen-bond donors (Lipinski definition) is 3.